The van der Waals surface area contributed by atoms with Crippen molar-refractivity contribution in [2.75, 3.05) is 13.1 Å². The lowest BCUT2D eigenvalue weighted by atomic mass is 10.2. The SMILES string of the molecule is N=[N+]=NC[C@@H]1C[C@@H](O)CN1C(=O)[O-]. The molecule has 0 saturated carbocycles. The summed E-state index contributed by atoms with van der Waals surface area (Å²) in [4.78, 5) is 14.3. The number of carboxylic acid groups (broad SMARTS) is 1. The van der Waals surface area contributed by atoms with E-state index in [1.165, 1.54) is 0 Å². The molecule has 1 amide bonds. The summed E-state index contributed by atoms with van der Waals surface area (Å²) in [5.41, 5.74) is 6.40. The highest BCUT2D eigenvalue weighted by molar-refractivity contribution is 5.63. The van der Waals surface area contributed by atoms with Crippen molar-refractivity contribution in [3.8, 4) is 0 Å². The van der Waals surface area contributed by atoms with Gasteiger partial charge in [0.15, 0.2) is 0 Å². The topological polar surface area (TPSA) is 114 Å². The molecule has 0 aromatic heterocycles. The third-order valence-corrected chi connectivity index (χ3v) is 1.99. The van der Waals surface area contributed by atoms with Crippen LogP contribution in [-0.2, 0) is 0 Å². The molecule has 1 saturated heterocycles. The van der Waals surface area contributed by atoms with Crippen molar-refractivity contribution in [2.45, 2.75) is 18.6 Å². The molecule has 0 aromatic carbocycles. The minimum atomic E-state index is -1.32. The number of aliphatic hydroxyl groups excluding tert-OH is 1. The Balaban J connectivity index is 2.60. The molecule has 2 N–H and O–H groups in total. The van der Waals surface area contributed by atoms with Gasteiger partial charge in [0.2, 0.25) is 4.91 Å². The van der Waals surface area contributed by atoms with Crippen LogP contribution in [0, 0.1) is 5.53 Å². The summed E-state index contributed by atoms with van der Waals surface area (Å²) in [7, 11) is 0. The number of hydrogen-bond acceptors (Lipinski definition) is 5. The van der Waals surface area contributed by atoms with Crippen LogP contribution in [0.3, 0.4) is 0 Å². The zero-order chi connectivity index (χ0) is 9.84. The van der Waals surface area contributed by atoms with Crippen molar-refractivity contribution in [3.63, 3.8) is 0 Å². The summed E-state index contributed by atoms with van der Waals surface area (Å²) < 4.78 is 0. The molecule has 2 atom stereocenters. The van der Waals surface area contributed by atoms with Crippen LogP contribution in [0.1, 0.15) is 6.42 Å². The molecular formula is C6H10N4O3. The van der Waals surface area contributed by atoms with Gasteiger partial charge in [0.25, 0.3) is 0 Å². The smallest absolute Gasteiger partial charge is 0.214 e. The van der Waals surface area contributed by atoms with E-state index in [1.807, 2.05) is 0 Å². The monoisotopic (exact) mass is 186 g/mol. The second-order valence-corrected chi connectivity index (χ2v) is 2.89. The van der Waals surface area contributed by atoms with Gasteiger partial charge >= 0.3 is 0 Å². The summed E-state index contributed by atoms with van der Waals surface area (Å²) in [5.74, 6) is 0. The maximum absolute atomic E-state index is 10.5. The average Bonchev–Trinajstić information content (AvgIpc) is 2.43. The van der Waals surface area contributed by atoms with Crippen LogP contribution in [0.25, 0.3) is 0 Å². The maximum atomic E-state index is 10.5. The van der Waals surface area contributed by atoms with Crippen LogP contribution in [-0.4, -0.2) is 41.3 Å². The van der Waals surface area contributed by atoms with Gasteiger partial charge in [0.1, 0.15) is 23.3 Å². The van der Waals surface area contributed by atoms with E-state index in [2.05, 4.69) is 10.0 Å². The first-order valence-corrected chi connectivity index (χ1v) is 3.84. The van der Waals surface area contributed by atoms with E-state index in [1.54, 1.807) is 0 Å². The third kappa shape index (κ3) is 2.24. The maximum Gasteiger partial charge on any atom is 0.214 e. The number of nitrogens with one attached hydrogen (secondary N) is 1. The zero-order valence-corrected chi connectivity index (χ0v) is 6.88. The summed E-state index contributed by atoms with van der Waals surface area (Å²) in [6.45, 7) is 0.162. The molecule has 1 aliphatic heterocycles. The lowest BCUT2D eigenvalue weighted by Crippen LogP contribution is -2.45. The Kier molecular flexibility index (Phi) is 2.94. The lowest BCUT2D eigenvalue weighted by molar-refractivity contribution is -0.266. The number of carbonyl (C=O) groups is 1. The fourth-order valence-electron chi connectivity index (χ4n) is 1.42. The number of likely N-dealkylation sites (tertiary alicyclic amines) is 1. The molecule has 1 rings (SSSR count). The molecule has 7 heteroatoms. The van der Waals surface area contributed by atoms with E-state index >= 15 is 0 Å². The highest BCUT2D eigenvalue weighted by Gasteiger charge is 2.31. The van der Waals surface area contributed by atoms with E-state index in [0.29, 0.717) is 6.42 Å². The quantitative estimate of drug-likeness (QED) is 0.396. The van der Waals surface area contributed by atoms with Gasteiger partial charge in [-0.2, -0.15) is 0 Å². The van der Waals surface area contributed by atoms with Crippen molar-refractivity contribution in [1.29, 1.82) is 5.53 Å². The standard InChI is InChI=1S/C6H10N4O3/c7-9-8-2-4-1-5(11)3-10(4)6(12)13/h4-5,7,11H,1-3H2/t4-,5+/m0/s1. The highest BCUT2D eigenvalue weighted by Crippen LogP contribution is 2.17. The van der Waals surface area contributed by atoms with Crippen molar-refractivity contribution in [2.24, 2.45) is 5.11 Å². The van der Waals surface area contributed by atoms with Crippen LogP contribution >= 0.6 is 0 Å². The molecule has 1 aliphatic rings. The van der Waals surface area contributed by atoms with Crippen molar-refractivity contribution in [1.82, 2.24) is 9.81 Å². The van der Waals surface area contributed by atoms with E-state index in [0.717, 1.165) is 4.90 Å². The number of aliphatic hydroxyl groups is 1. The van der Waals surface area contributed by atoms with Crippen LogP contribution in [0.2, 0.25) is 0 Å². The number of β-amino-alcohol motifs (C(OH)–C–C–N with tert-alkyl or cyclic N) is 1. The zero-order valence-electron chi connectivity index (χ0n) is 6.88. The Morgan fingerprint density at radius 3 is 3.08 bits per heavy atom. The fraction of sp³-hybridized carbons (Fsp3) is 0.833. The summed E-state index contributed by atoms with van der Waals surface area (Å²) in [5, 5.41) is 23.0. The number of rotatable bonds is 2. The molecule has 7 nitrogen and oxygen atoms in total. The number of carbonyl (C=O) groups excluding carboxylic acids is 1. The fourth-order valence-corrected chi connectivity index (χ4v) is 1.42. The van der Waals surface area contributed by atoms with E-state index in [9.17, 15) is 9.90 Å². The molecule has 1 fully saturated rings. The Hall–Kier alpha value is -1.46. The molecule has 0 aliphatic carbocycles. The van der Waals surface area contributed by atoms with Gasteiger partial charge in [-0.25, -0.2) is 0 Å². The van der Waals surface area contributed by atoms with Gasteiger partial charge < -0.3 is 19.9 Å². The normalized spacial score (nSPS) is 27.0. The van der Waals surface area contributed by atoms with Crippen molar-refractivity contribution < 1.29 is 15.0 Å². The predicted octanol–water partition coefficient (Wildman–Crippen LogP) is -1.68. The predicted molar refractivity (Wildman–Crippen MR) is 38.7 cm³/mol. The van der Waals surface area contributed by atoms with Crippen molar-refractivity contribution >= 4 is 6.09 Å². The largest absolute Gasteiger partial charge is 0.530 e. The Morgan fingerprint density at radius 2 is 2.54 bits per heavy atom. The summed E-state index contributed by atoms with van der Waals surface area (Å²) in [6, 6.07) is -0.408. The Bertz CT molecular complexity index is 250. The van der Waals surface area contributed by atoms with Crippen LogP contribution in [0.15, 0.2) is 5.11 Å². The minimum Gasteiger partial charge on any atom is -0.530 e. The second-order valence-electron chi connectivity index (χ2n) is 2.89. The van der Waals surface area contributed by atoms with Gasteiger partial charge in [-0.1, -0.05) is 0 Å². The van der Waals surface area contributed by atoms with Gasteiger partial charge in [0, 0.05) is 6.54 Å². The third-order valence-electron chi connectivity index (χ3n) is 1.99. The minimum absolute atomic E-state index is 0.0561. The summed E-state index contributed by atoms with van der Waals surface area (Å²) >= 11 is 0. The van der Waals surface area contributed by atoms with Gasteiger partial charge in [-0.05, 0) is 6.42 Å². The molecule has 0 aromatic rings. The molecule has 0 spiro atoms. The lowest BCUT2D eigenvalue weighted by Gasteiger charge is -2.23. The molecule has 1 heterocycles. The number of amides is 1. The Labute approximate surface area is 74.2 Å². The number of hydrogen-bond donors (Lipinski definition) is 2. The van der Waals surface area contributed by atoms with E-state index in [-0.39, 0.29) is 13.1 Å². The van der Waals surface area contributed by atoms with Gasteiger partial charge in [0.05, 0.1) is 12.1 Å². The average molecular weight is 186 g/mol. The van der Waals surface area contributed by atoms with Crippen LogP contribution in [0.4, 0.5) is 4.79 Å². The molecule has 0 bridgehead atoms. The number of nitrogens with zero attached hydrogens (tertiary/aromatic N) is 3. The van der Waals surface area contributed by atoms with Crippen LogP contribution < -0.4 is 10.0 Å². The highest BCUT2D eigenvalue weighted by atomic mass is 16.4. The van der Waals surface area contributed by atoms with Crippen molar-refractivity contribution in [3.05, 3.63) is 0 Å². The van der Waals surface area contributed by atoms with Crippen LogP contribution in [0.5, 0.6) is 0 Å². The Morgan fingerprint density at radius 1 is 1.85 bits per heavy atom. The van der Waals surface area contributed by atoms with E-state index in [4.69, 9.17) is 10.6 Å². The van der Waals surface area contributed by atoms with E-state index < -0.39 is 18.2 Å². The molecular weight excluding hydrogens is 176 g/mol. The van der Waals surface area contributed by atoms with Gasteiger partial charge in [-0.3, -0.25) is 0 Å². The summed E-state index contributed by atoms with van der Waals surface area (Å²) in [6.07, 6.45) is -1.65. The molecule has 0 radical (unpaired) electrons. The molecule has 0 unspecified atom stereocenters. The molecule has 13 heavy (non-hydrogen) atoms. The first-order chi connectivity index (χ1) is 6.15. The molecule has 72 valence electrons. The first kappa shape index (κ1) is 9.63. The first-order valence-electron chi connectivity index (χ1n) is 3.84. The second kappa shape index (κ2) is 3.97. The van der Waals surface area contributed by atoms with Gasteiger partial charge in [-0.15, -0.1) is 0 Å².